The minimum absolute atomic E-state index is 1.15. The van der Waals surface area contributed by atoms with E-state index in [9.17, 15) is 0 Å². The second-order valence-corrected chi connectivity index (χ2v) is 8.49. The molecule has 1 aromatic carbocycles. The van der Waals surface area contributed by atoms with Crippen molar-refractivity contribution >= 4 is 13.9 Å². The summed E-state index contributed by atoms with van der Waals surface area (Å²) in [5.74, 6) is 0. The Morgan fingerprint density at radius 1 is 1.00 bits per heavy atom. The van der Waals surface area contributed by atoms with E-state index in [0.29, 0.717) is 0 Å². The molecule has 0 aromatic heterocycles. The fourth-order valence-corrected chi connectivity index (χ4v) is 1.99. The molecule has 0 bridgehead atoms. The molecule has 0 amide bonds. The highest BCUT2D eigenvalue weighted by atomic mass is 28.3. The molecule has 1 nitrogen and oxygen atoms in total. The standard InChI is InChI=1S/C9H15NSi/c1-11(2,3)10-9-7-5-4-6-8-9/h4-8,10H,1-3H3. The Morgan fingerprint density at radius 3 is 2.00 bits per heavy atom. The summed E-state index contributed by atoms with van der Waals surface area (Å²) >= 11 is 0. The summed E-state index contributed by atoms with van der Waals surface area (Å²) in [6, 6.07) is 10.4. The van der Waals surface area contributed by atoms with Crippen LogP contribution in [0.25, 0.3) is 0 Å². The van der Waals surface area contributed by atoms with Gasteiger partial charge in [0, 0.05) is 5.69 Å². The van der Waals surface area contributed by atoms with Crippen molar-refractivity contribution in [2.75, 3.05) is 4.98 Å². The first kappa shape index (κ1) is 8.33. The monoisotopic (exact) mass is 165 g/mol. The lowest BCUT2D eigenvalue weighted by atomic mass is 10.3. The minimum atomic E-state index is -1.15. The van der Waals surface area contributed by atoms with Crippen molar-refractivity contribution < 1.29 is 0 Å². The van der Waals surface area contributed by atoms with Gasteiger partial charge < -0.3 is 4.98 Å². The molecule has 0 saturated heterocycles. The van der Waals surface area contributed by atoms with E-state index in [4.69, 9.17) is 0 Å². The van der Waals surface area contributed by atoms with Crippen molar-refractivity contribution in [1.82, 2.24) is 0 Å². The Labute approximate surface area is 69.5 Å². The highest BCUT2D eigenvalue weighted by molar-refractivity contribution is 6.79. The van der Waals surface area contributed by atoms with Gasteiger partial charge in [-0.3, -0.25) is 0 Å². The van der Waals surface area contributed by atoms with Crippen molar-refractivity contribution in [2.24, 2.45) is 0 Å². The number of rotatable bonds is 2. The molecule has 0 aliphatic heterocycles. The molecule has 0 unspecified atom stereocenters. The second kappa shape index (κ2) is 3.09. The van der Waals surface area contributed by atoms with Gasteiger partial charge >= 0.3 is 0 Å². The first-order valence-electron chi connectivity index (χ1n) is 3.91. The molecule has 0 aliphatic carbocycles. The lowest BCUT2D eigenvalue weighted by Crippen LogP contribution is -2.31. The fraction of sp³-hybridized carbons (Fsp3) is 0.333. The normalized spacial score (nSPS) is 11.2. The summed E-state index contributed by atoms with van der Waals surface area (Å²) in [6.45, 7) is 6.88. The van der Waals surface area contributed by atoms with E-state index in [2.05, 4.69) is 48.9 Å². The number of para-hydroxylation sites is 1. The Kier molecular flexibility index (Phi) is 2.34. The zero-order valence-electron chi connectivity index (χ0n) is 7.39. The molecule has 11 heavy (non-hydrogen) atoms. The Balaban J connectivity index is 2.66. The molecule has 0 atom stereocenters. The van der Waals surface area contributed by atoms with Gasteiger partial charge in [0.25, 0.3) is 0 Å². The lowest BCUT2D eigenvalue weighted by molar-refractivity contribution is 1.57. The number of hydrogen-bond donors (Lipinski definition) is 1. The molecule has 1 aromatic rings. The van der Waals surface area contributed by atoms with Crippen molar-refractivity contribution in [3.8, 4) is 0 Å². The van der Waals surface area contributed by atoms with Crippen LogP contribution in [0.1, 0.15) is 0 Å². The first-order chi connectivity index (χ1) is 5.08. The third-order valence-corrected chi connectivity index (χ3v) is 2.33. The predicted molar refractivity (Wildman–Crippen MR) is 53.4 cm³/mol. The smallest absolute Gasteiger partial charge is 0.144 e. The van der Waals surface area contributed by atoms with Crippen LogP contribution in [0.3, 0.4) is 0 Å². The quantitative estimate of drug-likeness (QED) is 0.664. The predicted octanol–water partition coefficient (Wildman–Crippen LogP) is 2.93. The molecule has 2 heteroatoms. The van der Waals surface area contributed by atoms with E-state index < -0.39 is 8.24 Å². The van der Waals surface area contributed by atoms with Crippen LogP contribution in [-0.4, -0.2) is 8.24 Å². The largest absolute Gasteiger partial charge is 0.411 e. The van der Waals surface area contributed by atoms with Crippen LogP contribution >= 0.6 is 0 Å². The van der Waals surface area contributed by atoms with Crippen LogP contribution in [0.4, 0.5) is 5.69 Å². The molecule has 1 rings (SSSR count). The van der Waals surface area contributed by atoms with Gasteiger partial charge in [-0.2, -0.15) is 0 Å². The van der Waals surface area contributed by atoms with Gasteiger partial charge in [0.2, 0.25) is 0 Å². The first-order valence-corrected chi connectivity index (χ1v) is 7.41. The Hall–Kier alpha value is -0.763. The molecule has 0 saturated carbocycles. The number of nitrogens with one attached hydrogen (secondary N) is 1. The SMILES string of the molecule is C[Si](C)(C)Nc1ccccc1. The van der Waals surface area contributed by atoms with Crippen molar-refractivity contribution in [3.05, 3.63) is 30.3 Å². The van der Waals surface area contributed by atoms with Crippen LogP contribution in [-0.2, 0) is 0 Å². The third kappa shape index (κ3) is 3.23. The van der Waals surface area contributed by atoms with E-state index in [1.807, 2.05) is 6.07 Å². The van der Waals surface area contributed by atoms with Crippen LogP contribution in [0.5, 0.6) is 0 Å². The Morgan fingerprint density at radius 2 is 1.55 bits per heavy atom. The number of benzene rings is 1. The van der Waals surface area contributed by atoms with Gasteiger partial charge in [-0.15, -0.1) is 0 Å². The Bertz CT molecular complexity index is 213. The molecule has 60 valence electrons. The van der Waals surface area contributed by atoms with E-state index in [1.165, 1.54) is 5.69 Å². The minimum Gasteiger partial charge on any atom is -0.411 e. The second-order valence-electron chi connectivity index (χ2n) is 3.74. The van der Waals surface area contributed by atoms with Gasteiger partial charge in [-0.1, -0.05) is 37.8 Å². The van der Waals surface area contributed by atoms with E-state index in [0.717, 1.165) is 0 Å². The maximum atomic E-state index is 3.52. The molecule has 0 fully saturated rings. The summed E-state index contributed by atoms with van der Waals surface area (Å²) < 4.78 is 0. The maximum Gasteiger partial charge on any atom is 0.144 e. The van der Waals surface area contributed by atoms with Crippen LogP contribution < -0.4 is 4.98 Å². The molecule has 0 aliphatic rings. The number of anilines is 1. The molecular formula is C9H15NSi. The van der Waals surface area contributed by atoms with Crippen molar-refractivity contribution in [1.29, 1.82) is 0 Å². The zero-order chi connectivity index (χ0) is 8.32. The topological polar surface area (TPSA) is 12.0 Å². The number of hydrogen-bond acceptors (Lipinski definition) is 1. The molecule has 0 radical (unpaired) electrons. The van der Waals surface area contributed by atoms with Crippen molar-refractivity contribution in [2.45, 2.75) is 19.6 Å². The van der Waals surface area contributed by atoms with Crippen molar-refractivity contribution in [3.63, 3.8) is 0 Å². The highest BCUT2D eigenvalue weighted by Crippen LogP contribution is 2.10. The molecule has 1 N–H and O–H groups in total. The fourth-order valence-electron chi connectivity index (χ4n) is 0.954. The van der Waals surface area contributed by atoms with Gasteiger partial charge in [-0.25, -0.2) is 0 Å². The van der Waals surface area contributed by atoms with Crippen LogP contribution in [0.15, 0.2) is 30.3 Å². The summed E-state index contributed by atoms with van der Waals surface area (Å²) in [5, 5.41) is 0. The molecule has 0 spiro atoms. The van der Waals surface area contributed by atoms with Crippen LogP contribution in [0.2, 0.25) is 19.6 Å². The zero-order valence-corrected chi connectivity index (χ0v) is 8.39. The van der Waals surface area contributed by atoms with Gasteiger partial charge in [0.05, 0.1) is 0 Å². The summed E-state index contributed by atoms with van der Waals surface area (Å²) in [4.78, 5) is 3.52. The maximum absolute atomic E-state index is 3.52. The van der Waals surface area contributed by atoms with Gasteiger partial charge in [0.1, 0.15) is 8.24 Å². The third-order valence-electron chi connectivity index (χ3n) is 1.29. The summed E-state index contributed by atoms with van der Waals surface area (Å²) in [7, 11) is -1.15. The van der Waals surface area contributed by atoms with E-state index in [-0.39, 0.29) is 0 Å². The highest BCUT2D eigenvalue weighted by Gasteiger charge is 2.11. The van der Waals surface area contributed by atoms with E-state index >= 15 is 0 Å². The average Bonchev–Trinajstić information content (AvgIpc) is 1.85. The lowest BCUT2D eigenvalue weighted by Gasteiger charge is -2.19. The summed E-state index contributed by atoms with van der Waals surface area (Å²) in [6.07, 6.45) is 0. The molecule has 0 heterocycles. The summed E-state index contributed by atoms with van der Waals surface area (Å²) in [5.41, 5.74) is 1.24. The van der Waals surface area contributed by atoms with Gasteiger partial charge in [0.15, 0.2) is 0 Å². The van der Waals surface area contributed by atoms with Crippen LogP contribution in [0, 0.1) is 0 Å². The molecular weight excluding hydrogens is 150 g/mol. The van der Waals surface area contributed by atoms with Gasteiger partial charge in [-0.05, 0) is 12.1 Å². The van der Waals surface area contributed by atoms with E-state index in [1.54, 1.807) is 0 Å². The average molecular weight is 165 g/mol.